The summed E-state index contributed by atoms with van der Waals surface area (Å²) in [6, 6.07) is 5.91. The average Bonchev–Trinajstić information content (AvgIpc) is 2.69. The Kier molecular flexibility index (Phi) is 3.68. The maximum Gasteiger partial charge on any atom is 0.178 e. The number of benzene rings is 1. The minimum Gasteiger partial charge on any atom is -0.331 e. The molecule has 0 bridgehead atoms. The van der Waals surface area contributed by atoms with E-state index in [1.807, 2.05) is 18.2 Å². The number of H-pyrrole nitrogens is 1. The van der Waals surface area contributed by atoms with Crippen molar-refractivity contribution in [2.75, 3.05) is 5.75 Å². The summed E-state index contributed by atoms with van der Waals surface area (Å²) in [7, 11) is 0. The molecule has 5 heteroatoms. The fourth-order valence-electron chi connectivity index (χ4n) is 2.50. The van der Waals surface area contributed by atoms with Gasteiger partial charge in [-0.15, -0.1) is 0 Å². The lowest BCUT2D eigenvalue weighted by Gasteiger charge is -2.21. The molecule has 0 saturated carbocycles. The monoisotopic (exact) mass is 298 g/mol. The summed E-state index contributed by atoms with van der Waals surface area (Å²) < 4.78 is 2.94. The zero-order chi connectivity index (χ0) is 12.5. The number of aromatic nitrogens is 2. The second-order valence-corrected chi connectivity index (χ2v) is 6.87. The zero-order valence-electron chi connectivity index (χ0n) is 9.99. The summed E-state index contributed by atoms with van der Waals surface area (Å²) >= 11 is 13.8. The van der Waals surface area contributed by atoms with E-state index in [0.29, 0.717) is 5.25 Å². The summed E-state index contributed by atoms with van der Waals surface area (Å²) in [5.74, 6) is 1.27. The fraction of sp³-hybridized carbons (Fsp3) is 0.462. The molecule has 1 fully saturated rings. The molecule has 1 atom stereocenters. The van der Waals surface area contributed by atoms with Crippen LogP contribution in [0.3, 0.4) is 0 Å². The molecule has 3 rings (SSSR count). The van der Waals surface area contributed by atoms with Crippen LogP contribution < -0.4 is 0 Å². The number of rotatable bonds is 2. The van der Waals surface area contributed by atoms with Gasteiger partial charge in [-0.05, 0) is 42.9 Å². The molecular formula is C13H15ClN2S2. The number of halogens is 1. The fourth-order valence-corrected chi connectivity index (χ4v) is 4.35. The number of nitrogens with one attached hydrogen (secondary N) is 1. The predicted molar refractivity (Wildman–Crippen MR) is 82.2 cm³/mol. The molecule has 1 N–H and O–H groups in total. The summed E-state index contributed by atoms with van der Waals surface area (Å²) in [5, 5.41) is 1.45. The van der Waals surface area contributed by atoms with Crippen LogP contribution in [0.15, 0.2) is 18.2 Å². The van der Waals surface area contributed by atoms with Crippen molar-refractivity contribution >= 4 is 46.6 Å². The minimum atomic E-state index is 0.667. The lowest BCUT2D eigenvalue weighted by Crippen LogP contribution is -2.17. The van der Waals surface area contributed by atoms with Crippen molar-refractivity contribution in [2.24, 2.45) is 0 Å². The van der Waals surface area contributed by atoms with Crippen molar-refractivity contribution in [3.05, 3.63) is 28.0 Å². The number of thioether (sulfide) groups is 1. The van der Waals surface area contributed by atoms with Crippen LogP contribution in [-0.2, 0) is 6.54 Å². The van der Waals surface area contributed by atoms with Gasteiger partial charge in [-0.25, -0.2) is 0 Å². The van der Waals surface area contributed by atoms with E-state index in [4.69, 9.17) is 23.8 Å². The SMILES string of the molecule is S=c1[nH]c2cccc(Cl)c2n1CC1CCCCS1. The number of fused-ring (bicyclic) bond motifs is 1. The molecule has 18 heavy (non-hydrogen) atoms. The number of nitrogens with zero attached hydrogens (tertiary/aromatic N) is 1. The molecule has 0 spiro atoms. The van der Waals surface area contributed by atoms with Gasteiger partial charge in [0, 0.05) is 11.8 Å². The first-order chi connectivity index (χ1) is 8.75. The van der Waals surface area contributed by atoms with E-state index in [0.717, 1.165) is 27.4 Å². The Hall–Kier alpha value is -0.450. The third-order valence-corrected chi connectivity index (χ3v) is 5.41. The average molecular weight is 299 g/mol. The Bertz CT molecular complexity index is 611. The van der Waals surface area contributed by atoms with Gasteiger partial charge in [-0.2, -0.15) is 11.8 Å². The molecule has 1 aromatic heterocycles. The number of aromatic amines is 1. The second-order valence-electron chi connectivity index (χ2n) is 4.67. The molecule has 1 aliphatic heterocycles. The van der Waals surface area contributed by atoms with E-state index in [9.17, 15) is 0 Å². The molecule has 2 nitrogen and oxygen atoms in total. The van der Waals surface area contributed by atoms with Gasteiger partial charge in [-0.1, -0.05) is 24.1 Å². The zero-order valence-corrected chi connectivity index (χ0v) is 12.4. The Labute approximate surface area is 121 Å². The Morgan fingerprint density at radius 2 is 2.33 bits per heavy atom. The highest BCUT2D eigenvalue weighted by atomic mass is 35.5. The topological polar surface area (TPSA) is 20.7 Å². The van der Waals surface area contributed by atoms with Crippen molar-refractivity contribution in [1.82, 2.24) is 9.55 Å². The maximum absolute atomic E-state index is 6.30. The van der Waals surface area contributed by atoms with Crippen molar-refractivity contribution in [2.45, 2.75) is 31.1 Å². The first kappa shape index (κ1) is 12.6. The van der Waals surface area contributed by atoms with Crippen LogP contribution in [0.4, 0.5) is 0 Å². The van der Waals surface area contributed by atoms with E-state index in [1.165, 1.54) is 25.0 Å². The van der Waals surface area contributed by atoms with E-state index >= 15 is 0 Å². The lowest BCUT2D eigenvalue weighted by atomic mass is 10.2. The van der Waals surface area contributed by atoms with Crippen LogP contribution in [0, 0.1) is 4.77 Å². The first-order valence-corrected chi connectivity index (χ1v) is 8.08. The number of imidazole rings is 1. The Balaban J connectivity index is 2.00. The predicted octanol–water partition coefficient (Wildman–Crippen LogP) is 4.64. The molecule has 1 aromatic carbocycles. The maximum atomic E-state index is 6.30. The quantitative estimate of drug-likeness (QED) is 0.815. The largest absolute Gasteiger partial charge is 0.331 e. The molecule has 1 saturated heterocycles. The van der Waals surface area contributed by atoms with Gasteiger partial charge < -0.3 is 9.55 Å². The molecule has 2 aromatic rings. The Morgan fingerprint density at radius 3 is 3.11 bits per heavy atom. The normalized spacial score (nSPS) is 20.4. The summed E-state index contributed by atoms with van der Waals surface area (Å²) in [6.07, 6.45) is 3.96. The van der Waals surface area contributed by atoms with Crippen LogP contribution in [-0.4, -0.2) is 20.6 Å². The van der Waals surface area contributed by atoms with Crippen molar-refractivity contribution < 1.29 is 0 Å². The van der Waals surface area contributed by atoms with E-state index in [-0.39, 0.29) is 0 Å². The van der Waals surface area contributed by atoms with Crippen LogP contribution in [0.2, 0.25) is 5.02 Å². The highest BCUT2D eigenvalue weighted by Crippen LogP contribution is 2.29. The van der Waals surface area contributed by atoms with Gasteiger partial charge >= 0.3 is 0 Å². The minimum absolute atomic E-state index is 0.667. The summed E-state index contributed by atoms with van der Waals surface area (Å²) in [6.45, 7) is 0.966. The number of para-hydroxylation sites is 1. The number of hydrogen-bond donors (Lipinski definition) is 1. The number of hydrogen-bond acceptors (Lipinski definition) is 2. The lowest BCUT2D eigenvalue weighted by molar-refractivity contribution is 0.588. The van der Waals surface area contributed by atoms with Crippen LogP contribution in [0.1, 0.15) is 19.3 Å². The van der Waals surface area contributed by atoms with Gasteiger partial charge in [0.15, 0.2) is 4.77 Å². The van der Waals surface area contributed by atoms with Gasteiger partial charge in [-0.3, -0.25) is 0 Å². The van der Waals surface area contributed by atoms with E-state index < -0.39 is 0 Å². The Morgan fingerprint density at radius 1 is 1.44 bits per heavy atom. The highest BCUT2D eigenvalue weighted by Gasteiger charge is 2.17. The third-order valence-electron chi connectivity index (χ3n) is 3.40. The third kappa shape index (κ3) is 2.33. The molecule has 0 amide bonds. The van der Waals surface area contributed by atoms with Crippen molar-refractivity contribution in [3.63, 3.8) is 0 Å². The molecule has 1 aliphatic rings. The van der Waals surface area contributed by atoms with Gasteiger partial charge in [0.1, 0.15) is 0 Å². The standard InChI is InChI=1S/C13H15ClN2S2/c14-10-5-3-6-11-12(10)16(13(17)15-11)8-9-4-1-2-7-18-9/h3,5-6,9H,1-2,4,7-8H2,(H,15,17). The summed E-state index contributed by atoms with van der Waals surface area (Å²) in [4.78, 5) is 3.24. The van der Waals surface area contributed by atoms with Crippen LogP contribution >= 0.6 is 35.6 Å². The van der Waals surface area contributed by atoms with E-state index in [2.05, 4.69) is 21.3 Å². The molecule has 96 valence electrons. The molecule has 0 aliphatic carbocycles. The van der Waals surface area contributed by atoms with E-state index in [1.54, 1.807) is 0 Å². The molecular weight excluding hydrogens is 284 g/mol. The van der Waals surface area contributed by atoms with Crippen LogP contribution in [0.25, 0.3) is 11.0 Å². The van der Waals surface area contributed by atoms with Crippen LogP contribution in [0.5, 0.6) is 0 Å². The molecule has 1 unspecified atom stereocenters. The van der Waals surface area contributed by atoms with Crippen molar-refractivity contribution in [3.8, 4) is 0 Å². The molecule has 2 heterocycles. The molecule has 0 radical (unpaired) electrons. The first-order valence-electron chi connectivity index (χ1n) is 6.24. The van der Waals surface area contributed by atoms with Gasteiger partial charge in [0.2, 0.25) is 0 Å². The highest BCUT2D eigenvalue weighted by molar-refractivity contribution is 7.99. The van der Waals surface area contributed by atoms with Gasteiger partial charge in [0.25, 0.3) is 0 Å². The van der Waals surface area contributed by atoms with Crippen molar-refractivity contribution in [1.29, 1.82) is 0 Å². The second kappa shape index (κ2) is 5.27. The summed E-state index contributed by atoms with van der Waals surface area (Å²) in [5.41, 5.74) is 2.09. The smallest absolute Gasteiger partial charge is 0.178 e. The van der Waals surface area contributed by atoms with Gasteiger partial charge in [0.05, 0.1) is 16.1 Å².